The van der Waals surface area contributed by atoms with Gasteiger partial charge in [-0.3, -0.25) is 4.90 Å². The number of hydrogen-bond acceptors (Lipinski definition) is 4. The molecule has 0 N–H and O–H groups in total. The second-order valence-electron chi connectivity index (χ2n) is 6.00. The predicted octanol–water partition coefficient (Wildman–Crippen LogP) is 1.52. The molecule has 0 saturated carbocycles. The van der Waals surface area contributed by atoms with E-state index in [4.69, 9.17) is 0 Å². The Morgan fingerprint density at radius 2 is 2.05 bits per heavy atom. The van der Waals surface area contributed by atoms with Crippen molar-refractivity contribution in [3.8, 4) is 0 Å². The van der Waals surface area contributed by atoms with Crippen LogP contribution in [-0.2, 0) is 16.6 Å². The molecule has 0 amide bonds. The van der Waals surface area contributed by atoms with Crippen molar-refractivity contribution in [2.24, 2.45) is 5.41 Å². The molecule has 2 aliphatic rings. The zero-order valence-corrected chi connectivity index (χ0v) is 13.1. The number of likely N-dealkylation sites (tertiary alicyclic amines) is 1. The highest BCUT2D eigenvalue weighted by molar-refractivity contribution is 7.88. The molecule has 1 aromatic heterocycles. The average Bonchev–Trinajstić information content (AvgIpc) is 2.84. The van der Waals surface area contributed by atoms with Gasteiger partial charge in [-0.05, 0) is 25.5 Å². The van der Waals surface area contributed by atoms with Crippen molar-refractivity contribution in [1.29, 1.82) is 0 Å². The first kappa shape index (κ1) is 13.5. The SMILES string of the molecule is Cc1ccc(CN2CC3(CCN(S(C)(=O)=O)C3)C2)s1. The van der Waals surface area contributed by atoms with Gasteiger partial charge < -0.3 is 0 Å². The Labute approximate surface area is 119 Å². The van der Waals surface area contributed by atoms with E-state index in [1.165, 1.54) is 16.0 Å². The predicted molar refractivity (Wildman–Crippen MR) is 77.8 cm³/mol. The molecule has 3 heterocycles. The lowest BCUT2D eigenvalue weighted by atomic mass is 9.79. The fourth-order valence-electron chi connectivity index (χ4n) is 3.24. The molecule has 6 heteroatoms. The Bertz CT molecular complexity index is 573. The Morgan fingerprint density at radius 1 is 1.32 bits per heavy atom. The first-order chi connectivity index (χ1) is 8.86. The molecule has 0 aromatic carbocycles. The quantitative estimate of drug-likeness (QED) is 0.850. The zero-order valence-electron chi connectivity index (χ0n) is 11.4. The van der Waals surface area contributed by atoms with Crippen molar-refractivity contribution in [2.45, 2.75) is 19.9 Å². The molecule has 0 aliphatic carbocycles. The van der Waals surface area contributed by atoms with E-state index in [-0.39, 0.29) is 5.41 Å². The third-order valence-electron chi connectivity index (χ3n) is 4.17. The van der Waals surface area contributed by atoms with Gasteiger partial charge in [0.25, 0.3) is 0 Å². The molecule has 0 unspecified atom stereocenters. The van der Waals surface area contributed by atoms with Crippen molar-refractivity contribution in [3.05, 3.63) is 21.9 Å². The van der Waals surface area contributed by atoms with E-state index in [0.717, 1.165) is 26.1 Å². The van der Waals surface area contributed by atoms with E-state index >= 15 is 0 Å². The molecular formula is C13H20N2O2S2. The third kappa shape index (κ3) is 2.72. The summed E-state index contributed by atoms with van der Waals surface area (Å²) in [6.07, 6.45) is 2.33. The normalized spacial score (nSPS) is 23.9. The van der Waals surface area contributed by atoms with E-state index in [2.05, 4.69) is 24.0 Å². The smallest absolute Gasteiger partial charge is 0.211 e. The van der Waals surface area contributed by atoms with Crippen LogP contribution in [0.2, 0.25) is 0 Å². The Kier molecular flexibility index (Phi) is 3.24. The lowest BCUT2D eigenvalue weighted by Gasteiger charge is -2.48. The van der Waals surface area contributed by atoms with Gasteiger partial charge in [-0.2, -0.15) is 0 Å². The van der Waals surface area contributed by atoms with Crippen LogP contribution in [0.25, 0.3) is 0 Å². The van der Waals surface area contributed by atoms with Crippen molar-refractivity contribution in [1.82, 2.24) is 9.21 Å². The van der Waals surface area contributed by atoms with E-state index in [1.807, 2.05) is 11.3 Å². The Balaban J connectivity index is 1.56. The van der Waals surface area contributed by atoms with Gasteiger partial charge in [0.2, 0.25) is 10.0 Å². The van der Waals surface area contributed by atoms with Crippen LogP contribution >= 0.6 is 11.3 Å². The van der Waals surface area contributed by atoms with Gasteiger partial charge in [0.15, 0.2) is 0 Å². The molecule has 0 radical (unpaired) electrons. The molecule has 2 aliphatic heterocycles. The lowest BCUT2D eigenvalue weighted by molar-refractivity contribution is 0.00730. The minimum Gasteiger partial charge on any atom is -0.297 e. The van der Waals surface area contributed by atoms with E-state index in [1.54, 1.807) is 4.31 Å². The average molecular weight is 300 g/mol. The lowest BCUT2D eigenvalue weighted by Crippen LogP contribution is -2.56. The largest absolute Gasteiger partial charge is 0.297 e. The summed E-state index contributed by atoms with van der Waals surface area (Å²) in [5, 5.41) is 0. The number of hydrogen-bond donors (Lipinski definition) is 0. The first-order valence-corrected chi connectivity index (χ1v) is 9.26. The summed E-state index contributed by atoms with van der Waals surface area (Å²) < 4.78 is 24.7. The van der Waals surface area contributed by atoms with Crippen LogP contribution in [0.1, 0.15) is 16.2 Å². The summed E-state index contributed by atoms with van der Waals surface area (Å²) in [5.74, 6) is 0. The van der Waals surface area contributed by atoms with Crippen LogP contribution in [-0.4, -0.2) is 50.1 Å². The highest BCUT2D eigenvalue weighted by Crippen LogP contribution is 2.41. The summed E-state index contributed by atoms with van der Waals surface area (Å²) in [6, 6.07) is 4.36. The summed E-state index contributed by atoms with van der Waals surface area (Å²) >= 11 is 1.85. The molecule has 0 atom stereocenters. The van der Waals surface area contributed by atoms with Crippen LogP contribution < -0.4 is 0 Å². The van der Waals surface area contributed by atoms with E-state index in [9.17, 15) is 8.42 Å². The molecule has 106 valence electrons. The van der Waals surface area contributed by atoms with E-state index < -0.39 is 10.0 Å². The van der Waals surface area contributed by atoms with Crippen LogP contribution in [0.5, 0.6) is 0 Å². The van der Waals surface area contributed by atoms with Crippen LogP contribution in [0.3, 0.4) is 0 Å². The molecule has 1 spiro atoms. The summed E-state index contributed by atoms with van der Waals surface area (Å²) in [7, 11) is -3.01. The van der Waals surface area contributed by atoms with E-state index in [0.29, 0.717) is 13.1 Å². The molecule has 2 saturated heterocycles. The van der Waals surface area contributed by atoms with Gasteiger partial charge in [0.1, 0.15) is 0 Å². The topological polar surface area (TPSA) is 40.6 Å². The minimum absolute atomic E-state index is 0.232. The second-order valence-corrected chi connectivity index (χ2v) is 9.36. The van der Waals surface area contributed by atoms with Crippen LogP contribution in [0, 0.1) is 12.3 Å². The van der Waals surface area contributed by atoms with Gasteiger partial charge in [-0.1, -0.05) is 0 Å². The third-order valence-corrected chi connectivity index (χ3v) is 6.40. The van der Waals surface area contributed by atoms with Gasteiger partial charge in [-0.15, -0.1) is 11.3 Å². The molecule has 1 aromatic rings. The minimum atomic E-state index is -3.01. The second kappa shape index (κ2) is 4.55. The van der Waals surface area contributed by atoms with Gasteiger partial charge >= 0.3 is 0 Å². The highest BCUT2D eigenvalue weighted by atomic mass is 32.2. The Hall–Kier alpha value is -0.430. The highest BCUT2D eigenvalue weighted by Gasteiger charge is 2.49. The Morgan fingerprint density at radius 3 is 2.58 bits per heavy atom. The number of nitrogens with zero attached hydrogens (tertiary/aromatic N) is 2. The summed E-state index contributed by atoms with van der Waals surface area (Å²) in [5.41, 5.74) is 0.232. The summed E-state index contributed by atoms with van der Waals surface area (Å²) in [6.45, 7) is 6.63. The van der Waals surface area contributed by atoms with Crippen LogP contribution in [0.4, 0.5) is 0 Å². The maximum atomic E-state index is 11.6. The van der Waals surface area contributed by atoms with Crippen molar-refractivity contribution >= 4 is 21.4 Å². The standard InChI is InChI=1S/C13H20N2O2S2/c1-11-3-4-12(18-11)7-14-8-13(9-14)5-6-15(10-13)19(2,16)17/h3-4H,5-10H2,1-2H3. The molecule has 0 bridgehead atoms. The van der Waals surface area contributed by atoms with Crippen molar-refractivity contribution in [2.75, 3.05) is 32.4 Å². The molecule has 3 rings (SSSR count). The molecule has 4 nitrogen and oxygen atoms in total. The fraction of sp³-hybridized carbons (Fsp3) is 0.692. The molecule has 2 fully saturated rings. The van der Waals surface area contributed by atoms with Crippen molar-refractivity contribution < 1.29 is 8.42 Å². The van der Waals surface area contributed by atoms with Crippen molar-refractivity contribution in [3.63, 3.8) is 0 Å². The number of rotatable bonds is 3. The molecule has 19 heavy (non-hydrogen) atoms. The van der Waals surface area contributed by atoms with Gasteiger partial charge in [0.05, 0.1) is 6.26 Å². The van der Waals surface area contributed by atoms with Gasteiger partial charge in [-0.25, -0.2) is 12.7 Å². The summed E-state index contributed by atoms with van der Waals surface area (Å²) in [4.78, 5) is 5.19. The number of sulfonamides is 1. The maximum Gasteiger partial charge on any atom is 0.211 e. The number of aryl methyl sites for hydroxylation is 1. The maximum absolute atomic E-state index is 11.6. The fourth-order valence-corrected chi connectivity index (χ4v) is 5.10. The number of thiophene rings is 1. The first-order valence-electron chi connectivity index (χ1n) is 6.59. The molecular weight excluding hydrogens is 280 g/mol. The monoisotopic (exact) mass is 300 g/mol. The zero-order chi connectivity index (χ0) is 13.7. The van der Waals surface area contributed by atoms with Gasteiger partial charge in [0, 0.05) is 47.9 Å². The van der Waals surface area contributed by atoms with Crippen LogP contribution in [0.15, 0.2) is 12.1 Å².